The molecular formula is C18H13ClF3NO3. The van der Waals surface area contributed by atoms with Crippen LogP contribution in [0.25, 0.3) is 10.9 Å². The highest BCUT2D eigenvalue weighted by molar-refractivity contribution is 6.30. The molecule has 2 aromatic carbocycles. The van der Waals surface area contributed by atoms with Gasteiger partial charge in [-0.15, -0.1) is 0 Å². The Hall–Kier alpha value is -2.67. The number of aromatic carboxylic acids is 1. The first-order chi connectivity index (χ1) is 12.3. The predicted octanol–water partition coefficient (Wildman–Crippen LogP) is 5.09. The molecule has 0 amide bonds. The summed E-state index contributed by atoms with van der Waals surface area (Å²) in [5.41, 5.74) is -1.16. The van der Waals surface area contributed by atoms with Gasteiger partial charge in [0, 0.05) is 16.6 Å². The molecule has 0 aliphatic heterocycles. The first-order valence-corrected chi connectivity index (χ1v) is 7.95. The van der Waals surface area contributed by atoms with Crippen LogP contribution in [0.15, 0.2) is 48.7 Å². The molecule has 0 saturated carbocycles. The van der Waals surface area contributed by atoms with Gasteiger partial charge in [0.1, 0.15) is 12.4 Å². The summed E-state index contributed by atoms with van der Waals surface area (Å²) in [4.78, 5) is 11.4. The fourth-order valence-electron chi connectivity index (χ4n) is 2.66. The SMILES string of the molecule is O=C(O)c1cc(C(F)(F)F)cc2ccn(CCOc3ccc(Cl)cc3)c12. The third kappa shape index (κ3) is 3.77. The Labute approximate surface area is 151 Å². The summed E-state index contributed by atoms with van der Waals surface area (Å²) in [5.74, 6) is -0.830. The second kappa shape index (κ2) is 6.92. The Morgan fingerprint density at radius 1 is 1.15 bits per heavy atom. The van der Waals surface area contributed by atoms with Crippen LogP contribution >= 0.6 is 11.6 Å². The average Bonchev–Trinajstić information content (AvgIpc) is 2.98. The standard InChI is InChI=1S/C18H13ClF3NO3/c19-13-1-3-14(4-2-13)26-8-7-23-6-5-11-9-12(18(20,21)22)10-15(16(11)23)17(24)25/h1-6,9-10H,7-8H2,(H,24,25). The molecule has 0 spiro atoms. The highest BCUT2D eigenvalue weighted by atomic mass is 35.5. The molecule has 0 unspecified atom stereocenters. The fourth-order valence-corrected chi connectivity index (χ4v) is 2.78. The zero-order valence-electron chi connectivity index (χ0n) is 13.3. The third-order valence-electron chi connectivity index (χ3n) is 3.83. The lowest BCUT2D eigenvalue weighted by Gasteiger charge is -2.12. The van der Waals surface area contributed by atoms with Gasteiger partial charge in [-0.1, -0.05) is 11.6 Å². The van der Waals surface area contributed by atoms with Crippen molar-refractivity contribution in [1.82, 2.24) is 4.57 Å². The van der Waals surface area contributed by atoms with E-state index in [1.165, 1.54) is 6.07 Å². The van der Waals surface area contributed by atoms with Crippen LogP contribution in [0, 0.1) is 0 Å². The topological polar surface area (TPSA) is 51.5 Å². The van der Waals surface area contributed by atoms with Gasteiger partial charge in [-0.05, 0) is 42.5 Å². The molecular weight excluding hydrogens is 371 g/mol. The molecule has 136 valence electrons. The summed E-state index contributed by atoms with van der Waals surface area (Å²) in [5, 5.41) is 10.1. The van der Waals surface area contributed by atoms with Crippen LogP contribution in [0.1, 0.15) is 15.9 Å². The van der Waals surface area contributed by atoms with Crippen molar-refractivity contribution in [2.24, 2.45) is 0 Å². The summed E-state index contributed by atoms with van der Waals surface area (Å²) in [6.07, 6.45) is -3.07. The maximum atomic E-state index is 13.0. The molecule has 0 fully saturated rings. The maximum Gasteiger partial charge on any atom is 0.416 e. The number of carboxylic acid groups (broad SMARTS) is 1. The summed E-state index contributed by atoms with van der Waals surface area (Å²) >= 11 is 5.79. The number of aromatic nitrogens is 1. The average molecular weight is 384 g/mol. The molecule has 8 heteroatoms. The largest absolute Gasteiger partial charge is 0.492 e. The Bertz CT molecular complexity index is 949. The molecule has 0 aliphatic carbocycles. The van der Waals surface area contributed by atoms with Crippen molar-refractivity contribution in [3.05, 3.63) is 64.8 Å². The van der Waals surface area contributed by atoms with E-state index in [9.17, 15) is 23.1 Å². The van der Waals surface area contributed by atoms with Crippen LogP contribution in [-0.4, -0.2) is 22.2 Å². The van der Waals surface area contributed by atoms with E-state index in [1.807, 2.05) is 0 Å². The van der Waals surface area contributed by atoms with E-state index >= 15 is 0 Å². The van der Waals surface area contributed by atoms with E-state index in [2.05, 4.69) is 0 Å². The van der Waals surface area contributed by atoms with Gasteiger partial charge in [0.2, 0.25) is 0 Å². The van der Waals surface area contributed by atoms with Crippen LogP contribution in [0.3, 0.4) is 0 Å². The lowest BCUT2D eigenvalue weighted by Crippen LogP contribution is -2.11. The van der Waals surface area contributed by atoms with Gasteiger partial charge >= 0.3 is 12.1 Å². The molecule has 26 heavy (non-hydrogen) atoms. The highest BCUT2D eigenvalue weighted by Crippen LogP contribution is 2.33. The summed E-state index contributed by atoms with van der Waals surface area (Å²) < 4.78 is 46.0. The van der Waals surface area contributed by atoms with Crippen LogP contribution in [0.2, 0.25) is 5.02 Å². The van der Waals surface area contributed by atoms with Crippen LogP contribution in [0.5, 0.6) is 5.75 Å². The summed E-state index contributed by atoms with van der Waals surface area (Å²) in [7, 11) is 0. The number of halogens is 4. The van der Waals surface area contributed by atoms with Gasteiger partial charge in [-0.2, -0.15) is 13.2 Å². The molecule has 0 bridgehead atoms. The quantitative estimate of drug-likeness (QED) is 0.667. The molecule has 0 saturated heterocycles. The van der Waals surface area contributed by atoms with Gasteiger partial charge in [-0.25, -0.2) is 4.79 Å². The maximum absolute atomic E-state index is 13.0. The van der Waals surface area contributed by atoms with Crippen molar-refractivity contribution in [3.63, 3.8) is 0 Å². The van der Waals surface area contributed by atoms with Crippen molar-refractivity contribution >= 4 is 28.5 Å². The molecule has 0 radical (unpaired) electrons. The Morgan fingerprint density at radius 2 is 1.85 bits per heavy atom. The molecule has 0 aliphatic rings. The van der Waals surface area contributed by atoms with Crippen molar-refractivity contribution in [3.8, 4) is 5.75 Å². The van der Waals surface area contributed by atoms with Crippen molar-refractivity contribution < 1.29 is 27.8 Å². The monoisotopic (exact) mass is 383 g/mol. The zero-order chi connectivity index (χ0) is 18.9. The van der Waals surface area contributed by atoms with Gasteiger partial charge < -0.3 is 14.4 Å². The summed E-state index contributed by atoms with van der Waals surface area (Å²) in [6.45, 7) is 0.489. The van der Waals surface area contributed by atoms with E-state index in [0.29, 0.717) is 16.8 Å². The number of carboxylic acids is 1. The second-order valence-electron chi connectivity index (χ2n) is 5.58. The van der Waals surface area contributed by atoms with Crippen molar-refractivity contribution in [1.29, 1.82) is 0 Å². The number of fused-ring (bicyclic) bond motifs is 1. The Morgan fingerprint density at radius 3 is 2.46 bits per heavy atom. The number of carbonyl (C=O) groups is 1. The normalized spacial score (nSPS) is 11.7. The molecule has 1 aromatic heterocycles. The third-order valence-corrected chi connectivity index (χ3v) is 4.08. The number of rotatable bonds is 5. The van der Waals surface area contributed by atoms with E-state index in [1.54, 1.807) is 35.0 Å². The van der Waals surface area contributed by atoms with Crippen LogP contribution in [0.4, 0.5) is 13.2 Å². The lowest BCUT2D eigenvalue weighted by molar-refractivity contribution is -0.137. The predicted molar refractivity (Wildman–Crippen MR) is 90.8 cm³/mol. The number of ether oxygens (including phenoxy) is 1. The second-order valence-corrected chi connectivity index (χ2v) is 6.01. The minimum atomic E-state index is -4.61. The molecule has 3 rings (SSSR count). The number of nitrogens with zero attached hydrogens (tertiary/aromatic N) is 1. The zero-order valence-corrected chi connectivity index (χ0v) is 14.0. The fraction of sp³-hybridized carbons (Fsp3) is 0.167. The van der Waals surface area contributed by atoms with E-state index in [-0.39, 0.29) is 24.1 Å². The van der Waals surface area contributed by atoms with E-state index < -0.39 is 23.3 Å². The Kier molecular flexibility index (Phi) is 4.82. The van der Waals surface area contributed by atoms with Crippen molar-refractivity contribution in [2.45, 2.75) is 12.7 Å². The first kappa shape index (κ1) is 18.1. The number of hydrogen-bond donors (Lipinski definition) is 1. The Balaban J connectivity index is 1.87. The molecule has 4 nitrogen and oxygen atoms in total. The lowest BCUT2D eigenvalue weighted by atomic mass is 10.1. The summed E-state index contributed by atoms with van der Waals surface area (Å²) in [6, 6.07) is 9.77. The van der Waals surface area contributed by atoms with Gasteiger partial charge in [0.05, 0.1) is 23.2 Å². The molecule has 0 atom stereocenters. The van der Waals surface area contributed by atoms with Gasteiger partial charge in [-0.3, -0.25) is 0 Å². The molecule has 1 heterocycles. The van der Waals surface area contributed by atoms with E-state index in [0.717, 1.165) is 6.07 Å². The van der Waals surface area contributed by atoms with E-state index in [4.69, 9.17) is 16.3 Å². The van der Waals surface area contributed by atoms with Gasteiger partial charge in [0.15, 0.2) is 0 Å². The minimum absolute atomic E-state index is 0.212. The molecule has 3 aromatic rings. The molecule has 1 N–H and O–H groups in total. The van der Waals surface area contributed by atoms with Crippen LogP contribution < -0.4 is 4.74 Å². The van der Waals surface area contributed by atoms with Gasteiger partial charge in [0.25, 0.3) is 0 Å². The van der Waals surface area contributed by atoms with Crippen LogP contribution in [-0.2, 0) is 12.7 Å². The highest BCUT2D eigenvalue weighted by Gasteiger charge is 2.32. The minimum Gasteiger partial charge on any atom is -0.492 e. The number of benzene rings is 2. The first-order valence-electron chi connectivity index (χ1n) is 7.57. The number of alkyl halides is 3. The number of hydrogen-bond acceptors (Lipinski definition) is 2. The smallest absolute Gasteiger partial charge is 0.416 e. The van der Waals surface area contributed by atoms with Crippen molar-refractivity contribution in [2.75, 3.05) is 6.61 Å².